The maximum absolute atomic E-state index is 11.4. The van der Waals surface area contributed by atoms with Crippen LogP contribution in [0.2, 0.25) is 0 Å². The van der Waals surface area contributed by atoms with Crippen molar-refractivity contribution in [3.05, 3.63) is 17.6 Å². The van der Waals surface area contributed by atoms with Gasteiger partial charge in [-0.1, -0.05) is 0 Å². The average molecular weight is 281 g/mol. The maximum Gasteiger partial charge on any atom is 0.376 e. The molecule has 0 aromatic carbocycles. The van der Waals surface area contributed by atoms with E-state index in [4.69, 9.17) is 9.84 Å². The summed E-state index contributed by atoms with van der Waals surface area (Å²) < 4.78 is 9.72. The molecule has 108 valence electrons. The fourth-order valence-electron chi connectivity index (χ4n) is 1.95. The van der Waals surface area contributed by atoms with Gasteiger partial charge in [0.05, 0.1) is 26.4 Å². The molecule has 0 bridgehead atoms. The first kappa shape index (κ1) is 14.2. The van der Waals surface area contributed by atoms with Gasteiger partial charge in [0, 0.05) is 11.8 Å². The number of hydrogen-bond donors (Lipinski definition) is 2. The number of aliphatic carboxylic acids is 1. The fraction of sp³-hybridized carbons (Fsp3) is 0.500. The topological polar surface area (TPSA) is 111 Å². The number of nitrogens with zero attached hydrogens (tertiary/aromatic N) is 2. The Balaban J connectivity index is 2.19. The van der Waals surface area contributed by atoms with E-state index in [0.29, 0.717) is 11.5 Å². The normalized spacial score (nSPS) is 21.5. The third-order valence-corrected chi connectivity index (χ3v) is 2.95. The Hall–Kier alpha value is -2.22. The molecule has 1 aromatic heterocycles. The average Bonchev–Trinajstić information content (AvgIpc) is 2.85. The van der Waals surface area contributed by atoms with Crippen LogP contribution in [0.4, 0.5) is 5.82 Å². The van der Waals surface area contributed by atoms with Gasteiger partial charge in [0.25, 0.3) is 0 Å². The molecule has 2 rings (SSSR count). The van der Waals surface area contributed by atoms with E-state index in [-0.39, 0.29) is 19.0 Å². The number of rotatable bonds is 4. The number of hydrogen-bond acceptors (Lipinski definition) is 7. The number of carboxylic acids is 1. The number of carbonyl (C=O) groups excluding carboxylic acids is 1. The summed E-state index contributed by atoms with van der Waals surface area (Å²) in [6, 6.07) is 1.23. The highest BCUT2D eigenvalue weighted by Crippen LogP contribution is 2.19. The minimum atomic E-state index is -0.932. The van der Waals surface area contributed by atoms with Gasteiger partial charge in [-0.3, -0.25) is 4.79 Å². The second kappa shape index (κ2) is 5.83. The summed E-state index contributed by atoms with van der Waals surface area (Å²) in [4.78, 5) is 30.5. The number of esters is 1. The molecular weight excluding hydrogens is 266 g/mol. The number of ether oxygens (including phenoxy) is 2. The van der Waals surface area contributed by atoms with Gasteiger partial charge in [-0.15, -0.1) is 0 Å². The van der Waals surface area contributed by atoms with Gasteiger partial charge < -0.3 is 19.9 Å². The van der Waals surface area contributed by atoms with Crippen LogP contribution in [0, 0.1) is 12.8 Å². The molecule has 20 heavy (non-hydrogen) atoms. The Kier molecular flexibility index (Phi) is 4.14. The van der Waals surface area contributed by atoms with Gasteiger partial charge >= 0.3 is 11.9 Å². The highest BCUT2D eigenvalue weighted by atomic mass is 16.5. The summed E-state index contributed by atoms with van der Waals surface area (Å²) in [5.41, 5.74) is 0.577. The molecule has 0 radical (unpaired) electrons. The highest BCUT2D eigenvalue weighted by molar-refractivity contribution is 5.85. The number of aryl methyl sites for hydroxylation is 1. The lowest BCUT2D eigenvalue weighted by molar-refractivity contribution is -0.141. The van der Waals surface area contributed by atoms with E-state index in [9.17, 15) is 9.59 Å². The van der Waals surface area contributed by atoms with Crippen molar-refractivity contribution in [1.29, 1.82) is 0 Å². The Labute approximate surface area is 115 Å². The van der Waals surface area contributed by atoms with Crippen molar-refractivity contribution in [3.8, 4) is 0 Å². The Morgan fingerprint density at radius 2 is 2.20 bits per heavy atom. The predicted octanol–water partition coefficient (Wildman–Crippen LogP) is 0.0831. The van der Waals surface area contributed by atoms with E-state index in [2.05, 4.69) is 20.0 Å². The SMILES string of the molecule is COC(=O)c1nc(C)cc(NC2COCC2C(=O)O)n1. The van der Waals surface area contributed by atoms with E-state index >= 15 is 0 Å². The summed E-state index contributed by atoms with van der Waals surface area (Å²) >= 11 is 0. The quantitative estimate of drug-likeness (QED) is 0.747. The van der Waals surface area contributed by atoms with Crippen molar-refractivity contribution in [1.82, 2.24) is 9.97 Å². The number of aromatic nitrogens is 2. The third kappa shape index (κ3) is 3.02. The predicted molar refractivity (Wildman–Crippen MR) is 67.5 cm³/mol. The minimum Gasteiger partial charge on any atom is -0.481 e. The smallest absolute Gasteiger partial charge is 0.376 e. The maximum atomic E-state index is 11.4. The number of carboxylic acid groups (broad SMARTS) is 1. The van der Waals surface area contributed by atoms with Crippen molar-refractivity contribution < 1.29 is 24.2 Å². The fourth-order valence-corrected chi connectivity index (χ4v) is 1.95. The molecule has 2 heterocycles. The summed E-state index contributed by atoms with van der Waals surface area (Å²) in [6.45, 7) is 2.13. The van der Waals surface area contributed by atoms with E-state index in [1.54, 1.807) is 13.0 Å². The second-order valence-corrected chi connectivity index (χ2v) is 4.44. The largest absolute Gasteiger partial charge is 0.481 e. The highest BCUT2D eigenvalue weighted by Gasteiger charge is 2.34. The van der Waals surface area contributed by atoms with Crippen LogP contribution in [0.5, 0.6) is 0 Å². The molecule has 1 aliphatic rings. The van der Waals surface area contributed by atoms with Gasteiger partial charge in [0.15, 0.2) is 0 Å². The molecule has 1 aliphatic heterocycles. The van der Waals surface area contributed by atoms with Crippen molar-refractivity contribution in [2.45, 2.75) is 13.0 Å². The van der Waals surface area contributed by atoms with Crippen molar-refractivity contribution in [3.63, 3.8) is 0 Å². The summed E-state index contributed by atoms with van der Waals surface area (Å²) in [5, 5.41) is 12.0. The van der Waals surface area contributed by atoms with Crippen LogP contribution in [0.25, 0.3) is 0 Å². The van der Waals surface area contributed by atoms with Crippen molar-refractivity contribution in [2.75, 3.05) is 25.6 Å². The van der Waals surface area contributed by atoms with Gasteiger partial charge in [-0.2, -0.15) is 0 Å². The first-order valence-corrected chi connectivity index (χ1v) is 6.02. The molecule has 0 aliphatic carbocycles. The first-order valence-electron chi connectivity index (χ1n) is 6.02. The van der Waals surface area contributed by atoms with E-state index in [1.807, 2.05) is 0 Å². The molecule has 2 atom stereocenters. The first-order chi connectivity index (χ1) is 9.51. The van der Waals surface area contributed by atoms with Gasteiger partial charge in [-0.05, 0) is 6.92 Å². The van der Waals surface area contributed by atoms with E-state index in [0.717, 1.165) is 0 Å². The molecule has 1 saturated heterocycles. The zero-order chi connectivity index (χ0) is 14.7. The zero-order valence-corrected chi connectivity index (χ0v) is 11.1. The van der Waals surface area contributed by atoms with Gasteiger partial charge in [-0.25, -0.2) is 14.8 Å². The van der Waals surface area contributed by atoms with Crippen LogP contribution in [-0.2, 0) is 14.3 Å². The molecule has 8 nitrogen and oxygen atoms in total. The standard InChI is InChI=1S/C12H15N3O5/c1-6-3-9(15-10(13-6)12(18)19-2)14-8-5-20-4-7(8)11(16)17/h3,7-8H,4-5H2,1-2H3,(H,16,17)(H,13,14,15). The number of carbonyl (C=O) groups is 2. The molecular formula is C12H15N3O5. The van der Waals surface area contributed by atoms with Crippen LogP contribution < -0.4 is 5.32 Å². The van der Waals surface area contributed by atoms with Crippen LogP contribution >= 0.6 is 0 Å². The lowest BCUT2D eigenvalue weighted by Gasteiger charge is -2.16. The van der Waals surface area contributed by atoms with Crippen molar-refractivity contribution >= 4 is 17.8 Å². The summed E-state index contributed by atoms with van der Waals surface area (Å²) in [5.74, 6) is -1.92. The molecule has 2 unspecified atom stereocenters. The molecule has 1 fully saturated rings. The number of anilines is 1. The van der Waals surface area contributed by atoms with Crippen molar-refractivity contribution in [2.24, 2.45) is 5.92 Å². The summed E-state index contributed by atoms with van der Waals surface area (Å²) in [6.07, 6.45) is 0. The lowest BCUT2D eigenvalue weighted by Crippen LogP contribution is -2.33. The molecule has 2 N–H and O–H groups in total. The van der Waals surface area contributed by atoms with Crippen LogP contribution in [-0.4, -0.2) is 53.4 Å². The van der Waals surface area contributed by atoms with Gasteiger partial charge in [0.2, 0.25) is 5.82 Å². The Morgan fingerprint density at radius 3 is 2.85 bits per heavy atom. The van der Waals surface area contributed by atoms with Crippen LogP contribution in [0.3, 0.4) is 0 Å². The van der Waals surface area contributed by atoms with E-state index < -0.39 is 23.9 Å². The molecule has 8 heteroatoms. The van der Waals surface area contributed by atoms with Crippen LogP contribution in [0.1, 0.15) is 16.3 Å². The van der Waals surface area contributed by atoms with Crippen LogP contribution in [0.15, 0.2) is 6.07 Å². The molecule has 0 spiro atoms. The second-order valence-electron chi connectivity index (χ2n) is 4.44. The summed E-state index contributed by atoms with van der Waals surface area (Å²) in [7, 11) is 1.24. The molecule has 1 aromatic rings. The Bertz CT molecular complexity index is 534. The minimum absolute atomic E-state index is 0.0687. The third-order valence-electron chi connectivity index (χ3n) is 2.95. The Morgan fingerprint density at radius 1 is 1.45 bits per heavy atom. The number of nitrogens with one attached hydrogen (secondary N) is 1. The molecule has 0 saturated carbocycles. The number of methoxy groups -OCH3 is 1. The monoisotopic (exact) mass is 281 g/mol. The van der Waals surface area contributed by atoms with Gasteiger partial charge in [0.1, 0.15) is 11.7 Å². The van der Waals surface area contributed by atoms with E-state index in [1.165, 1.54) is 7.11 Å². The lowest BCUT2D eigenvalue weighted by atomic mass is 10.0. The zero-order valence-electron chi connectivity index (χ0n) is 11.1. The molecule has 0 amide bonds.